The molecule has 0 saturated carbocycles. The van der Waals surface area contributed by atoms with E-state index in [9.17, 15) is 19.5 Å². The predicted octanol–water partition coefficient (Wildman–Crippen LogP) is 2.86. The van der Waals surface area contributed by atoms with Crippen LogP contribution in [0.15, 0.2) is 44.3 Å². The van der Waals surface area contributed by atoms with Crippen molar-refractivity contribution in [2.45, 2.75) is 45.6 Å². The fourth-order valence-corrected chi connectivity index (χ4v) is 5.36. The quantitative estimate of drug-likeness (QED) is 0.640. The summed E-state index contributed by atoms with van der Waals surface area (Å²) in [5, 5.41) is 10.7. The Hall–Kier alpha value is -3.35. The zero-order valence-electron chi connectivity index (χ0n) is 18.3. The molecule has 32 heavy (non-hydrogen) atoms. The van der Waals surface area contributed by atoms with Crippen LogP contribution >= 0.6 is 0 Å². The highest BCUT2D eigenvalue weighted by Crippen LogP contribution is 2.35. The molecule has 3 aromatic rings. The molecular formula is C25H26N2O5. The molecule has 2 aromatic heterocycles. The minimum absolute atomic E-state index is 0.0206. The van der Waals surface area contributed by atoms with E-state index in [2.05, 4.69) is 0 Å². The Bertz CT molecular complexity index is 1350. The number of hydrogen-bond donors (Lipinski definition) is 1. The zero-order valence-corrected chi connectivity index (χ0v) is 18.3. The van der Waals surface area contributed by atoms with Crippen molar-refractivity contribution in [2.75, 3.05) is 13.1 Å². The molecule has 1 aromatic carbocycles. The van der Waals surface area contributed by atoms with Crippen molar-refractivity contribution in [2.24, 2.45) is 5.92 Å². The number of fused-ring (bicyclic) bond motifs is 5. The van der Waals surface area contributed by atoms with Gasteiger partial charge in [-0.3, -0.25) is 9.59 Å². The summed E-state index contributed by atoms with van der Waals surface area (Å²) in [6.45, 7) is 5.45. The SMILES string of the molecule is Cc1c(CCC(=O)N2C[C@@H]3C[C@@H](C2)c2cccc(=O)n2C3)c(=O)oc2c(C)c(O)ccc12. The molecule has 1 saturated heterocycles. The van der Waals surface area contributed by atoms with E-state index in [4.69, 9.17) is 4.42 Å². The maximum atomic E-state index is 13.1. The first-order valence-corrected chi connectivity index (χ1v) is 11.1. The number of rotatable bonds is 3. The van der Waals surface area contributed by atoms with Gasteiger partial charge in [-0.2, -0.15) is 0 Å². The third-order valence-corrected chi connectivity index (χ3v) is 7.10. The second kappa shape index (κ2) is 7.65. The summed E-state index contributed by atoms with van der Waals surface area (Å²) in [5.41, 5.74) is 2.79. The molecule has 0 unspecified atom stereocenters. The number of amides is 1. The van der Waals surface area contributed by atoms with E-state index in [-0.39, 0.29) is 35.5 Å². The van der Waals surface area contributed by atoms with Gasteiger partial charge in [-0.1, -0.05) is 6.07 Å². The summed E-state index contributed by atoms with van der Waals surface area (Å²) < 4.78 is 7.35. The van der Waals surface area contributed by atoms with Gasteiger partial charge >= 0.3 is 5.63 Å². The van der Waals surface area contributed by atoms with Crippen molar-refractivity contribution in [3.63, 3.8) is 0 Å². The highest BCUT2D eigenvalue weighted by molar-refractivity contribution is 5.85. The second-order valence-corrected chi connectivity index (χ2v) is 9.08. The van der Waals surface area contributed by atoms with E-state index < -0.39 is 5.63 Å². The van der Waals surface area contributed by atoms with Crippen LogP contribution in [0.4, 0.5) is 0 Å². The average Bonchev–Trinajstić information content (AvgIpc) is 2.77. The van der Waals surface area contributed by atoms with E-state index in [0.29, 0.717) is 42.8 Å². The molecule has 4 heterocycles. The molecule has 7 heteroatoms. The van der Waals surface area contributed by atoms with Gasteiger partial charge in [0.15, 0.2) is 0 Å². The van der Waals surface area contributed by atoms with Crippen LogP contribution in [-0.2, 0) is 17.8 Å². The molecule has 0 radical (unpaired) electrons. The average molecular weight is 434 g/mol. The summed E-state index contributed by atoms with van der Waals surface area (Å²) in [7, 11) is 0. The van der Waals surface area contributed by atoms with Gasteiger partial charge in [0, 0.05) is 60.2 Å². The fraction of sp³-hybridized carbons (Fsp3) is 0.400. The number of phenols is 1. The first-order chi connectivity index (χ1) is 15.3. The molecule has 2 aliphatic heterocycles. The first-order valence-electron chi connectivity index (χ1n) is 11.1. The second-order valence-electron chi connectivity index (χ2n) is 9.08. The van der Waals surface area contributed by atoms with E-state index in [1.807, 2.05) is 22.5 Å². The minimum Gasteiger partial charge on any atom is -0.508 e. The number of carbonyl (C=O) groups excluding carboxylic acids is 1. The number of benzene rings is 1. The topological polar surface area (TPSA) is 92.8 Å². The third-order valence-electron chi connectivity index (χ3n) is 7.10. The van der Waals surface area contributed by atoms with Crippen LogP contribution in [0.25, 0.3) is 11.0 Å². The van der Waals surface area contributed by atoms with Gasteiger partial charge in [-0.25, -0.2) is 4.79 Å². The zero-order chi connectivity index (χ0) is 22.6. The Morgan fingerprint density at radius 2 is 1.91 bits per heavy atom. The highest BCUT2D eigenvalue weighted by atomic mass is 16.4. The van der Waals surface area contributed by atoms with Crippen LogP contribution in [0, 0.1) is 19.8 Å². The molecule has 0 aliphatic carbocycles. The van der Waals surface area contributed by atoms with E-state index >= 15 is 0 Å². The van der Waals surface area contributed by atoms with E-state index in [1.165, 1.54) is 0 Å². The number of likely N-dealkylation sites (tertiary alicyclic amines) is 1. The van der Waals surface area contributed by atoms with E-state index in [0.717, 1.165) is 23.1 Å². The number of piperidine rings is 1. The number of carbonyl (C=O) groups is 1. The Morgan fingerprint density at radius 3 is 2.72 bits per heavy atom. The lowest BCUT2D eigenvalue weighted by atomic mass is 9.83. The Balaban J connectivity index is 1.35. The number of pyridine rings is 1. The summed E-state index contributed by atoms with van der Waals surface area (Å²) in [6.07, 6.45) is 1.53. The first kappa shape index (κ1) is 20.5. The van der Waals surface area contributed by atoms with Gasteiger partial charge in [0.25, 0.3) is 5.56 Å². The monoisotopic (exact) mass is 434 g/mol. The minimum atomic E-state index is -0.458. The van der Waals surface area contributed by atoms with Crippen LogP contribution in [0.1, 0.15) is 41.1 Å². The highest BCUT2D eigenvalue weighted by Gasteiger charge is 2.36. The lowest BCUT2D eigenvalue weighted by Crippen LogP contribution is -2.49. The molecular weight excluding hydrogens is 408 g/mol. The molecule has 2 bridgehead atoms. The summed E-state index contributed by atoms with van der Waals surface area (Å²) >= 11 is 0. The van der Waals surface area contributed by atoms with Crippen molar-refractivity contribution in [3.05, 3.63) is 73.5 Å². The van der Waals surface area contributed by atoms with Crippen LogP contribution in [-0.4, -0.2) is 33.6 Å². The van der Waals surface area contributed by atoms with Crippen molar-refractivity contribution in [1.82, 2.24) is 9.47 Å². The number of phenolic OH excluding ortho intramolecular Hbond substituents is 1. The van der Waals surface area contributed by atoms with Gasteiger partial charge in [-0.05, 0) is 56.4 Å². The van der Waals surface area contributed by atoms with Crippen molar-refractivity contribution < 1.29 is 14.3 Å². The molecule has 1 amide bonds. The molecule has 2 atom stereocenters. The largest absolute Gasteiger partial charge is 0.508 e. The van der Waals surface area contributed by atoms with Crippen LogP contribution < -0.4 is 11.2 Å². The molecule has 7 nitrogen and oxygen atoms in total. The smallest absolute Gasteiger partial charge is 0.339 e. The lowest BCUT2D eigenvalue weighted by molar-refractivity contribution is -0.133. The summed E-state index contributed by atoms with van der Waals surface area (Å²) in [4.78, 5) is 39.8. The number of aromatic nitrogens is 1. The van der Waals surface area contributed by atoms with Gasteiger partial charge in [0.2, 0.25) is 5.91 Å². The maximum Gasteiger partial charge on any atom is 0.339 e. The molecule has 0 spiro atoms. The standard InChI is InChI=1S/C25H26N2O5/c1-14-18-6-8-21(28)15(2)24(18)32-25(31)19(14)7-9-22(29)26-11-16-10-17(13-26)20-4-3-5-23(30)27(20)12-16/h3-6,8,16-17,28H,7,9-13H2,1-2H3/t16-,17-/m0/s1. The van der Waals surface area contributed by atoms with E-state index in [1.54, 1.807) is 31.2 Å². The van der Waals surface area contributed by atoms with Crippen molar-refractivity contribution >= 4 is 16.9 Å². The van der Waals surface area contributed by atoms with Crippen LogP contribution in [0.2, 0.25) is 0 Å². The molecule has 1 fully saturated rings. The number of nitrogens with zero attached hydrogens (tertiary/aromatic N) is 2. The molecule has 1 N–H and O–H groups in total. The van der Waals surface area contributed by atoms with Gasteiger partial charge < -0.3 is 19.0 Å². The Labute approximate surface area is 184 Å². The summed E-state index contributed by atoms with van der Waals surface area (Å²) in [5.74, 6) is 0.548. The van der Waals surface area contributed by atoms with Gasteiger partial charge in [-0.15, -0.1) is 0 Å². The van der Waals surface area contributed by atoms with Crippen molar-refractivity contribution in [1.29, 1.82) is 0 Å². The van der Waals surface area contributed by atoms with Gasteiger partial charge in [0.1, 0.15) is 11.3 Å². The third kappa shape index (κ3) is 3.32. The lowest BCUT2D eigenvalue weighted by Gasteiger charge is -2.42. The van der Waals surface area contributed by atoms with Gasteiger partial charge in [0.05, 0.1) is 0 Å². The number of aromatic hydroxyl groups is 1. The fourth-order valence-electron chi connectivity index (χ4n) is 5.36. The van der Waals surface area contributed by atoms with Crippen LogP contribution in [0.5, 0.6) is 5.75 Å². The normalized spacial score (nSPS) is 19.8. The Morgan fingerprint density at radius 1 is 1.09 bits per heavy atom. The predicted molar refractivity (Wildman–Crippen MR) is 120 cm³/mol. The number of aryl methyl sites for hydroxylation is 2. The maximum absolute atomic E-state index is 13.1. The molecule has 5 rings (SSSR count). The Kier molecular flexibility index (Phi) is 4.92. The van der Waals surface area contributed by atoms with Crippen LogP contribution in [0.3, 0.4) is 0 Å². The molecule has 166 valence electrons. The number of hydrogen-bond acceptors (Lipinski definition) is 5. The van der Waals surface area contributed by atoms with Crippen molar-refractivity contribution in [3.8, 4) is 5.75 Å². The molecule has 2 aliphatic rings. The summed E-state index contributed by atoms with van der Waals surface area (Å²) in [6, 6.07) is 8.70.